The van der Waals surface area contributed by atoms with Gasteiger partial charge in [-0.3, -0.25) is 4.98 Å². The third-order valence-electron chi connectivity index (χ3n) is 5.26. The number of alkyl halides is 6. The summed E-state index contributed by atoms with van der Waals surface area (Å²) in [5.41, 5.74) is -2.28. The zero-order valence-corrected chi connectivity index (χ0v) is 22.3. The Kier molecular flexibility index (Phi) is 7.38. The Labute approximate surface area is 224 Å². The van der Waals surface area contributed by atoms with Crippen molar-refractivity contribution in [2.24, 2.45) is 0 Å². The lowest BCUT2D eigenvalue weighted by Crippen LogP contribution is -2.40. The molecule has 3 heterocycles. The molecular formula is C26H21F6N3O2S2. The molecule has 4 rings (SSSR count). The summed E-state index contributed by atoms with van der Waals surface area (Å²) >= 11 is 0.943. The van der Waals surface area contributed by atoms with E-state index in [1.165, 1.54) is 24.4 Å². The number of sulfonamides is 1. The molecule has 3 aromatic heterocycles. The van der Waals surface area contributed by atoms with Crippen molar-refractivity contribution in [3.8, 4) is 33.1 Å². The third kappa shape index (κ3) is 6.84. The second kappa shape index (κ2) is 10.0. The Morgan fingerprint density at radius 1 is 0.718 bits per heavy atom. The summed E-state index contributed by atoms with van der Waals surface area (Å²) in [6.07, 6.45) is -7.99. The molecule has 4 aromatic rings. The maximum atomic E-state index is 13.7. The van der Waals surface area contributed by atoms with E-state index in [4.69, 9.17) is 0 Å². The Hall–Kier alpha value is -3.29. The van der Waals surface area contributed by atoms with Crippen LogP contribution in [-0.2, 0) is 22.4 Å². The summed E-state index contributed by atoms with van der Waals surface area (Å²) in [6, 6.07) is 11.1. The highest BCUT2D eigenvalue weighted by molar-refractivity contribution is 7.91. The molecule has 1 aromatic carbocycles. The molecule has 0 aliphatic carbocycles. The fourth-order valence-corrected chi connectivity index (χ4v) is 6.29. The first-order chi connectivity index (χ1) is 17.9. The largest absolute Gasteiger partial charge is 0.416 e. The summed E-state index contributed by atoms with van der Waals surface area (Å²) in [7, 11) is -3.81. The SMILES string of the molecule is CC(C)(C)NS(=O)(=O)c1ccc(-c2cc(-c3cc(C(F)(F)F)cc(-c4ccc(C(F)(F)F)cc4)n3)ccn2)s1. The van der Waals surface area contributed by atoms with Crippen LogP contribution in [0.5, 0.6) is 0 Å². The van der Waals surface area contributed by atoms with Gasteiger partial charge in [0.05, 0.1) is 33.1 Å². The predicted molar refractivity (Wildman–Crippen MR) is 136 cm³/mol. The quantitative estimate of drug-likeness (QED) is 0.244. The molecule has 39 heavy (non-hydrogen) atoms. The van der Waals surface area contributed by atoms with Gasteiger partial charge >= 0.3 is 12.4 Å². The van der Waals surface area contributed by atoms with E-state index in [-0.39, 0.29) is 26.7 Å². The van der Waals surface area contributed by atoms with Crippen LogP contribution in [0.25, 0.3) is 33.1 Å². The van der Waals surface area contributed by atoms with Gasteiger partial charge in [0.15, 0.2) is 0 Å². The second-order valence-corrected chi connectivity index (χ2v) is 12.6. The standard InChI is InChI=1S/C26H21F6N3O2S2/c1-24(2,3)35-39(36,37)23-9-8-22(38-23)21-12-16(10-11-33-21)20-14-18(26(30,31)32)13-19(34-20)15-4-6-17(7-5-15)25(27,28)29/h4-14,35H,1-3H3. The number of benzene rings is 1. The van der Waals surface area contributed by atoms with E-state index < -0.39 is 39.0 Å². The summed E-state index contributed by atoms with van der Waals surface area (Å²) in [5, 5.41) is 0. The molecule has 0 atom stereocenters. The van der Waals surface area contributed by atoms with Crippen LogP contribution in [0.3, 0.4) is 0 Å². The van der Waals surface area contributed by atoms with Gasteiger partial charge in [0.25, 0.3) is 10.0 Å². The molecule has 0 aliphatic heterocycles. The maximum Gasteiger partial charge on any atom is 0.416 e. The topological polar surface area (TPSA) is 72.0 Å². The second-order valence-electron chi connectivity index (χ2n) is 9.60. The number of rotatable bonds is 5. The molecule has 0 bridgehead atoms. The number of nitrogens with one attached hydrogen (secondary N) is 1. The Morgan fingerprint density at radius 2 is 1.31 bits per heavy atom. The van der Waals surface area contributed by atoms with E-state index in [1.54, 1.807) is 26.8 Å². The molecule has 0 fully saturated rings. The van der Waals surface area contributed by atoms with Crippen LogP contribution in [0.4, 0.5) is 26.3 Å². The Bertz CT molecular complexity index is 1600. The van der Waals surface area contributed by atoms with E-state index in [1.807, 2.05) is 0 Å². The van der Waals surface area contributed by atoms with Crippen LogP contribution in [0.1, 0.15) is 31.9 Å². The van der Waals surface area contributed by atoms with Gasteiger partial charge in [-0.2, -0.15) is 26.3 Å². The number of hydrogen-bond donors (Lipinski definition) is 1. The van der Waals surface area contributed by atoms with Crippen molar-refractivity contribution in [1.82, 2.24) is 14.7 Å². The van der Waals surface area contributed by atoms with Gasteiger partial charge in [-0.1, -0.05) is 12.1 Å². The number of aromatic nitrogens is 2. The minimum Gasteiger partial charge on any atom is -0.255 e. The lowest BCUT2D eigenvalue weighted by molar-refractivity contribution is -0.138. The summed E-state index contributed by atoms with van der Waals surface area (Å²) < 4.78 is 108. The van der Waals surface area contributed by atoms with Gasteiger partial charge in [-0.15, -0.1) is 11.3 Å². The van der Waals surface area contributed by atoms with Crippen molar-refractivity contribution in [1.29, 1.82) is 0 Å². The zero-order chi connectivity index (χ0) is 28.8. The van der Waals surface area contributed by atoms with Gasteiger partial charge in [-0.25, -0.2) is 18.1 Å². The van der Waals surface area contributed by atoms with Crippen LogP contribution in [0.2, 0.25) is 0 Å². The van der Waals surface area contributed by atoms with Crippen LogP contribution in [-0.4, -0.2) is 23.9 Å². The van der Waals surface area contributed by atoms with Gasteiger partial charge in [0, 0.05) is 22.9 Å². The van der Waals surface area contributed by atoms with Gasteiger partial charge < -0.3 is 0 Å². The molecule has 1 N–H and O–H groups in total. The summed E-state index contributed by atoms with van der Waals surface area (Å²) in [5.74, 6) is 0. The van der Waals surface area contributed by atoms with E-state index in [0.29, 0.717) is 10.6 Å². The highest BCUT2D eigenvalue weighted by Crippen LogP contribution is 2.37. The third-order valence-corrected chi connectivity index (χ3v) is 8.61. The average Bonchev–Trinajstić information content (AvgIpc) is 3.33. The van der Waals surface area contributed by atoms with Crippen LogP contribution in [0, 0.1) is 0 Å². The number of pyridine rings is 2. The minimum atomic E-state index is -4.74. The molecular weight excluding hydrogens is 564 g/mol. The number of nitrogens with zero attached hydrogens (tertiary/aromatic N) is 2. The minimum absolute atomic E-state index is 0.0430. The van der Waals surface area contributed by atoms with Crippen molar-refractivity contribution in [3.63, 3.8) is 0 Å². The molecule has 0 saturated heterocycles. The highest BCUT2D eigenvalue weighted by Gasteiger charge is 2.33. The normalized spacial score (nSPS) is 13.1. The van der Waals surface area contributed by atoms with E-state index in [9.17, 15) is 34.8 Å². The molecule has 13 heteroatoms. The summed E-state index contributed by atoms with van der Waals surface area (Å²) in [6.45, 7) is 5.10. The van der Waals surface area contributed by atoms with Crippen LogP contribution >= 0.6 is 11.3 Å². The zero-order valence-electron chi connectivity index (χ0n) is 20.6. The lowest BCUT2D eigenvalue weighted by atomic mass is 10.0. The summed E-state index contributed by atoms with van der Waals surface area (Å²) in [4.78, 5) is 8.97. The van der Waals surface area contributed by atoms with E-state index in [0.717, 1.165) is 47.7 Å². The van der Waals surface area contributed by atoms with Crippen molar-refractivity contribution >= 4 is 21.4 Å². The first-order valence-corrected chi connectivity index (χ1v) is 13.6. The molecule has 0 spiro atoms. The molecule has 0 aliphatic rings. The fraction of sp³-hybridized carbons (Fsp3) is 0.231. The average molecular weight is 586 g/mol. The molecule has 0 saturated carbocycles. The smallest absolute Gasteiger partial charge is 0.255 e. The van der Waals surface area contributed by atoms with Crippen molar-refractivity contribution in [2.75, 3.05) is 0 Å². The van der Waals surface area contributed by atoms with Crippen LogP contribution in [0.15, 0.2) is 71.1 Å². The Balaban J connectivity index is 1.75. The fourth-order valence-electron chi connectivity index (χ4n) is 3.60. The molecule has 0 amide bonds. The number of thiophene rings is 1. The number of halogens is 6. The first kappa shape index (κ1) is 28.7. The molecule has 0 radical (unpaired) electrons. The Morgan fingerprint density at radius 3 is 1.87 bits per heavy atom. The maximum absolute atomic E-state index is 13.7. The highest BCUT2D eigenvalue weighted by atomic mass is 32.2. The van der Waals surface area contributed by atoms with Crippen molar-refractivity contribution in [2.45, 2.75) is 42.9 Å². The van der Waals surface area contributed by atoms with E-state index in [2.05, 4.69) is 14.7 Å². The van der Waals surface area contributed by atoms with Crippen molar-refractivity contribution in [3.05, 3.63) is 78.0 Å². The van der Waals surface area contributed by atoms with E-state index >= 15 is 0 Å². The monoisotopic (exact) mass is 585 g/mol. The van der Waals surface area contributed by atoms with Gasteiger partial charge in [-0.05, 0) is 69.3 Å². The first-order valence-electron chi connectivity index (χ1n) is 11.3. The van der Waals surface area contributed by atoms with Gasteiger partial charge in [0.2, 0.25) is 0 Å². The molecule has 5 nitrogen and oxygen atoms in total. The molecule has 206 valence electrons. The lowest BCUT2D eigenvalue weighted by Gasteiger charge is -2.19. The predicted octanol–water partition coefficient (Wildman–Crippen LogP) is 7.65. The van der Waals surface area contributed by atoms with Crippen molar-refractivity contribution < 1.29 is 34.8 Å². The van der Waals surface area contributed by atoms with Crippen LogP contribution < -0.4 is 4.72 Å². The molecule has 0 unspecified atom stereocenters. The van der Waals surface area contributed by atoms with Gasteiger partial charge in [0.1, 0.15) is 4.21 Å². The number of hydrogen-bond acceptors (Lipinski definition) is 5.